The van der Waals surface area contributed by atoms with Crippen LogP contribution in [0.15, 0.2) is 30.3 Å². The Bertz CT molecular complexity index is 991. The van der Waals surface area contributed by atoms with Crippen molar-refractivity contribution in [3.8, 4) is 11.5 Å². The lowest BCUT2D eigenvalue weighted by Gasteiger charge is -2.24. The average molecular weight is 495 g/mol. The summed E-state index contributed by atoms with van der Waals surface area (Å²) < 4.78 is 97.0. The minimum atomic E-state index is -4.93. The molecule has 0 aromatic heterocycles. The highest BCUT2D eigenvalue weighted by atomic mass is 31.2. The Morgan fingerprint density at radius 3 is 1.94 bits per heavy atom. The van der Waals surface area contributed by atoms with Gasteiger partial charge in [0.05, 0.1) is 6.61 Å². The van der Waals surface area contributed by atoms with E-state index in [1.165, 1.54) is 31.2 Å². The van der Waals surface area contributed by atoms with Crippen LogP contribution in [0.5, 0.6) is 11.5 Å². The Labute approximate surface area is 187 Å². The van der Waals surface area contributed by atoms with Crippen molar-refractivity contribution in [1.29, 1.82) is 0 Å². The van der Waals surface area contributed by atoms with Gasteiger partial charge in [-0.2, -0.15) is 13.9 Å². The Morgan fingerprint density at radius 1 is 0.909 bits per heavy atom. The van der Waals surface area contributed by atoms with Crippen molar-refractivity contribution in [2.45, 2.75) is 39.7 Å². The van der Waals surface area contributed by atoms with E-state index in [1.54, 1.807) is 6.07 Å². The van der Waals surface area contributed by atoms with Crippen molar-refractivity contribution in [3.05, 3.63) is 59.4 Å². The third-order valence-electron chi connectivity index (χ3n) is 4.67. The van der Waals surface area contributed by atoms with Crippen LogP contribution >= 0.6 is 7.75 Å². The Balaban J connectivity index is 2.34. The molecule has 0 amide bonds. The third-order valence-corrected chi connectivity index (χ3v) is 6.25. The predicted octanol–water partition coefficient (Wildman–Crippen LogP) is 5.91. The third kappa shape index (κ3) is 6.68. The molecule has 2 atom stereocenters. The van der Waals surface area contributed by atoms with Crippen molar-refractivity contribution in [2.24, 2.45) is 5.92 Å². The Morgan fingerprint density at radius 2 is 1.42 bits per heavy atom. The molecule has 0 unspecified atom stereocenters. The fourth-order valence-electron chi connectivity index (χ4n) is 2.62. The molecule has 0 saturated carbocycles. The zero-order valence-electron chi connectivity index (χ0n) is 18.0. The first kappa shape index (κ1) is 26.6. The van der Waals surface area contributed by atoms with Crippen LogP contribution in [0.25, 0.3) is 0 Å². The van der Waals surface area contributed by atoms with Crippen molar-refractivity contribution in [2.75, 3.05) is 6.61 Å². The van der Waals surface area contributed by atoms with E-state index in [9.17, 15) is 31.3 Å². The summed E-state index contributed by atoms with van der Waals surface area (Å²) in [5.74, 6) is -14.5. The van der Waals surface area contributed by atoms with E-state index in [0.29, 0.717) is 0 Å². The molecule has 0 bridgehead atoms. The van der Waals surface area contributed by atoms with E-state index in [0.717, 1.165) is 12.8 Å². The SMILES string of the molecule is CCC(CC)COC(=O)[C@@H](C)N[P@@](=O)(Oc1ccccc1)Oc1c(F)c(F)c(F)c(F)c1F. The Hall–Kier alpha value is -2.65. The standard InChI is InChI=1S/C21H23F5NO5P/c1-4-13(5-2)11-30-21(28)12(3)27-33(29,31-14-9-7-6-8-10-14)32-20-18(25)16(23)15(22)17(24)19(20)26/h6-10,12-13H,4-5,11H2,1-3H3,(H,27,29)/t12-,33-/m1/s1. The van der Waals surface area contributed by atoms with Gasteiger partial charge in [0.15, 0.2) is 0 Å². The Kier molecular flexibility index (Phi) is 9.25. The largest absolute Gasteiger partial charge is 0.513 e. The number of esters is 1. The lowest BCUT2D eigenvalue weighted by molar-refractivity contribution is -0.146. The summed E-state index contributed by atoms with van der Waals surface area (Å²) in [6.45, 7) is 5.09. The van der Waals surface area contributed by atoms with Gasteiger partial charge in [0.1, 0.15) is 11.8 Å². The number of nitrogens with one attached hydrogen (secondary N) is 1. The number of carbonyl (C=O) groups excluding carboxylic acids is 1. The number of rotatable bonds is 11. The molecule has 182 valence electrons. The topological polar surface area (TPSA) is 73.9 Å². The van der Waals surface area contributed by atoms with Gasteiger partial charge in [-0.15, -0.1) is 0 Å². The number of hydrogen-bond acceptors (Lipinski definition) is 5. The maximum atomic E-state index is 14.1. The van der Waals surface area contributed by atoms with Crippen LogP contribution < -0.4 is 14.1 Å². The van der Waals surface area contributed by atoms with Crippen LogP contribution in [-0.2, 0) is 14.1 Å². The molecule has 0 radical (unpaired) electrons. The molecular formula is C21H23F5NO5P. The number of para-hydroxylation sites is 1. The molecule has 33 heavy (non-hydrogen) atoms. The quantitative estimate of drug-likeness (QED) is 0.138. The molecule has 1 N–H and O–H groups in total. The second kappa shape index (κ2) is 11.5. The summed E-state index contributed by atoms with van der Waals surface area (Å²) in [6.07, 6.45) is 1.48. The van der Waals surface area contributed by atoms with Crippen LogP contribution in [0.4, 0.5) is 22.0 Å². The molecule has 0 saturated heterocycles. The van der Waals surface area contributed by atoms with Gasteiger partial charge < -0.3 is 13.8 Å². The van der Waals surface area contributed by atoms with Crippen LogP contribution in [0, 0.1) is 35.0 Å². The number of benzene rings is 2. The number of hydrogen-bond donors (Lipinski definition) is 1. The highest BCUT2D eigenvalue weighted by molar-refractivity contribution is 7.52. The highest BCUT2D eigenvalue weighted by Gasteiger charge is 2.38. The molecule has 0 aliphatic heterocycles. The summed E-state index contributed by atoms with van der Waals surface area (Å²) in [4.78, 5) is 12.3. The van der Waals surface area contributed by atoms with Gasteiger partial charge in [0, 0.05) is 0 Å². The number of carbonyl (C=O) groups is 1. The smallest absolute Gasteiger partial charge is 0.464 e. The molecule has 12 heteroatoms. The number of halogens is 5. The fourth-order valence-corrected chi connectivity index (χ4v) is 4.14. The summed E-state index contributed by atoms with van der Waals surface area (Å²) in [5, 5.41) is 2.12. The van der Waals surface area contributed by atoms with E-state index in [-0.39, 0.29) is 18.3 Å². The zero-order valence-corrected chi connectivity index (χ0v) is 18.9. The lowest BCUT2D eigenvalue weighted by Crippen LogP contribution is -2.36. The molecule has 2 aromatic carbocycles. The molecule has 6 nitrogen and oxygen atoms in total. The van der Waals surface area contributed by atoms with Crippen molar-refractivity contribution in [3.63, 3.8) is 0 Å². The molecule has 0 heterocycles. The predicted molar refractivity (Wildman–Crippen MR) is 109 cm³/mol. The molecule has 0 fully saturated rings. The second-order valence-electron chi connectivity index (χ2n) is 7.06. The minimum Gasteiger partial charge on any atom is -0.464 e. The summed E-state index contributed by atoms with van der Waals surface area (Å²) in [5.41, 5.74) is 0. The average Bonchev–Trinajstić information content (AvgIpc) is 2.80. The van der Waals surface area contributed by atoms with E-state index in [1.807, 2.05) is 13.8 Å². The summed E-state index contributed by atoms with van der Waals surface area (Å²) in [7, 11) is -4.93. The van der Waals surface area contributed by atoms with Gasteiger partial charge in [-0.1, -0.05) is 44.9 Å². The van der Waals surface area contributed by atoms with Gasteiger partial charge in [-0.05, 0) is 25.0 Å². The van der Waals surface area contributed by atoms with Crippen LogP contribution in [0.1, 0.15) is 33.6 Å². The molecule has 0 spiro atoms. The molecular weight excluding hydrogens is 472 g/mol. The molecule has 2 aromatic rings. The normalized spacial score (nSPS) is 14.0. The van der Waals surface area contributed by atoms with Crippen LogP contribution in [-0.4, -0.2) is 18.6 Å². The second-order valence-corrected chi connectivity index (χ2v) is 8.67. The minimum absolute atomic E-state index is 0.0696. The molecule has 0 aliphatic rings. The zero-order chi connectivity index (χ0) is 24.8. The van der Waals surface area contributed by atoms with Crippen molar-refractivity contribution in [1.82, 2.24) is 5.09 Å². The molecule has 2 rings (SSSR count). The van der Waals surface area contributed by atoms with E-state index < -0.39 is 54.6 Å². The van der Waals surface area contributed by atoms with Crippen LogP contribution in [0.2, 0.25) is 0 Å². The lowest BCUT2D eigenvalue weighted by atomic mass is 10.1. The van der Waals surface area contributed by atoms with Gasteiger partial charge in [-0.25, -0.2) is 17.7 Å². The van der Waals surface area contributed by atoms with Crippen molar-refractivity contribution < 1.29 is 45.1 Å². The number of ether oxygens (including phenoxy) is 1. The van der Waals surface area contributed by atoms with E-state index in [4.69, 9.17) is 13.8 Å². The summed E-state index contributed by atoms with van der Waals surface area (Å²) in [6, 6.07) is 5.71. The van der Waals surface area contributed by atoms with Gasteiger partial charge in [0.25, 0.3) is 0 Å². The van der Waals surface area contributed by atoms with Crippen molar-refractivity contribution >= 4 is 13.7 Å². The first-order valence-corrected chi connectivity index (χ1v) is 11.6. The van der Waals surface area contributed by atoms with Crippen LogP contribution in [0.3, 0.4) is 0 Å². The first-order valence-electron chi connectivity index (χ1n) is 10.0. The monoisotopic (exact) mass is 495 g/mol. The van der Waals surface area contributed by atoms with E-state index >= 15 is 0 Å². The van der Waals surface area contributed by atoms with Gasteiger partial charge in [0.2, 0.25) is 34.8 Å². The molecule has 0 aliphatic carbocycles. The van der Waals surface area contributed by atoms with Gasteiger partial charge in [-0.3, -0.25) is 4.79 Å². The van der Waals surface area contributed by atoms with Gasteiger partial charge >= 0.3 is 13.7 Å². The first-order chi connectivity index (χ1) is 15.5. The van der Waals surface area contributed by atoms with E-state index in [2.05, 4.69) is 5.09 Å². The summed E-state index contributed by atoms with van der Waals surface area (Å²) >= 11 is 0. The highest BCUT2D eigenvalue weighted by Crippen LogP contribution is 2.47. The fraction of sp³-hybridized carbons (Fsp3) is 0.381. The maximum Gasteiger partial charge on any atom is 0.513 e. The maximum absolute atomic E-state index is 14.1.